The van der Waals surface area contributed by atoms with Crippen LogP contribution in [0.1, 0.15) is 57.2 Å². The van der Waals surface area contributed by atoms with Crippen molar-refractivity contribution < 1.29 is 4.79 Å². The van der Waals surface area contributed by atoms with Gasteiger partial charge in [-0.15, -0.1) is 0 Å². The summed E-state index contributed by atoms with van der Waals surface area (Å²) in [5.41, 5.74) is 3.22. The van der Waals surface area contributed by atoms with E-state index in [4.69, 9.17) is 0 Å². The molecule has 0 fully saturated rings. The molecule has 0 radical (unpaired) electrons. The highest BCUT2D eigenvalue weighted by atomic mass is 16.1. The van der Waals surface area contributed by atoms with E-state index in [1.54, 1.807) is 6.33 Å². The van der Waals surface area contributed by atoms with E-state index in [9.17, 15) is 4.79 Å². The number of nitrogens with zero attached hydrogens (tertiary/aromatic N) is 3. The summed E-state index contributed by atoms with van der Waals surface area (Å²) in [7, 11) is 0. The number of carbonyl (C=O) groups is 1. The van der Waals surface area contributed by atoms with Gasteiger partial charge in [-0.25, -0.2) is 4.68 Å². The van der Waals surface area contributed by atoms with Crippen molar-refractivity contribution in [1.29, 1.82) is 0 Å². The molecule has 0 spiro atoms. The second kappa shape index (κ2) is 5.55. The van der Waals surface area contributed by atoms with Gasteiger partial charge in [-0.05, 0) is 22.5 Å². The Bertz CT molecular complexity index is 845. The summed E-state index contributed by atoms with van der Waals surface area (Å²) in [5.74, 6) is 1.21. The van der Waals surface area contributed by atoms with Gasteiger partial charge >= 0.3 is 0 Å². The number of aromatic nitrogens is 3. The van der Waals surface area contributed by atoms with E-state index in [-0.39, 0.29) is 23.2 Å². The second-order valence-corrected chi connectivity index (χ2v) is 8.13. The summed E-state index contributed by atoms with van der Waals surface area (Å²) in [4.78, 5) is 17.3. The zero-order valence-electron chi connectivity index (χ0n) is 15.2. The van der Waals surface area contributed by atoms with Crippen LogP contribution in [0, 0.1) is 11.3 Å². The summed E-state index contributed by atoms with van der Waals surface area (Å²) in [6.07, 6.45) is 4.28. The molecule has 1 aliphatic heterocycles. The average Bonchev–Trinajstić information content (AvgIpc) is 2.99. The summed E-state index contributed by atoms with van der Waals surface area (Å²) in [5, 5.41) is 7.72. The van der Waals surface area contributed by atoms with Crippen molar-refractivity contribution in [2.75, 3.05) is 5.32 Å². The maximum atomic E-state index is 13.0. The molecule has 5 nitrogen and oxygen atoms in total. The lowest BCUT2D eigenvalue weighted by molar-refractivity contribution is -0.125. The molecule has 2 aliphatic rings. The lowest BCUT2D eigenvalue weighted by Gasteiger charge is -2.40. The molecule has 2 aromatic rings. The number of hydrogen-bond donors (Lipinski definition) is 1. The van der Waals surface area contributed by atoms with Crippen LogP contribution in [0.3, 0.4) is 0 Å². The number of hydrogen-bond acceptors (Lipinski definition) is 4. The van der Waals surface area contributed by atoms with E-state index in [1.165, 1.54) is 5.56 Å². The van der Waals surface area contributed by atoms with E-state index in [0.717, 1.165) is 11.3 Å². The first-order valence-electron chi connectivity index (χ1n) is 8.87. The number of rotatable bonds is 2. The summed E-state index contributed by atoms with van der Waals surface area (Å²) < 4.78 is 1.85. The molecule has 1 aliphatic carbocycles. The molecule has 2 unspecified atom stereocenters. The Morgan fingerprint density at radius 3 is 2.64 bits per heavy atom. The monoisotopic (exact) mass is 336 g/mol. The molecule has 0 amide bonds. The van der Waals surface area contributed by atoms with Crippen LogP contribution >= 0.6 is 0 Å². The van der Waals surface area contributed by atoms with Crippen molar-refractivity contribution in [3.63, 3.8) is 0 Å². The number of benzene rings is 1. The van der Waals surface area contributed by atoms with Crippen molar-refractivity contribution in [1.82, 2.24) is 14.8 Å². The molecule has 130 valence electrons. The molecule has 0 bridgehead atoms. The smallest absolute Gasteiger partial charge is 0.226 e. The maximum Gasteiger partial charge on any atom is 0.226 e. The normalized spacial score (nSPS) is 24.4. The highest BCUT2D eigenvalue weighted by Crippen LogP contribution is 2.45. The van der Waals surface area contributed by atoms with Gasteiger partial charge in [0, 0.05) is 12.1 Å². The third-order valence-corrected chi connectivity index (χ3v) is 5.21. The second-order valence-electron chi connectivity index (χ2n) is 8.13. The highest BCUT2D eigenvalue weighted by Gasteiger charge is 2.44. The molecule has 1 N–H and O–H groups in total. The van der Waals surface area contributed by atoms with E-state index >= 15 is 0 Å². The van der Waals surface area contributed by atoms with Crippen LogP contribution in [-0.4, -0.2) is 20.5 Å². The Labute approximate surface area is 148 Å². The van der Waals surface area contributed by atoms with Gasteiger partial charge in [0.25, 0.3) is 0 Å². The Hall–Kier alpha value is -2.43. The van der Waals surface area contributed by atoms with Crippen molar-refractivity contribution in [2.45, 2.75) is 46.1 Å². The Balaban J connectivity index is 1.83. The minimum absolute atomic E-state index is 0.135. The van der Waals surface area contributed by atoms with E-state index in [1.807, 2.05) is 4.68 Å². The molecule has 1 aromatic heterocycles. The fourth-order valence-corrected chi connectivity index (χ4v) is 3.98. The molecule has 4 rings (SSSR count). The molecular weight excluding hydrogens is 312 g/mol. The number of nitrogens with one attached hydrogen (secondary N) is 1. The van der Waals surface area contributed by atoms with Gasteiger partial charge in [0.1, 0.15) is 12.1 Å². The van der Waals surface area contributed by atoms with Gasteiger partial charge in [0.15, 0.2) is 0 Å². The van der Waals surface area contributed by atoms with E-state index < -0.39 is 0 Å². The SMILES string of the molecule is CC(C)c1ccc(C2C3C(=O)CC(C)(C)C=C3Nc3ncnn32)cc1. The van der Waals surface area contributed by atoms with Gasteiger partial charge in [-0.2, -0.15) is 10.1 Å². The molecule has 0 saturated carbocycles. The molecule has 0 saturated heterocycles. The lowest BCUT2D eigenvalue weighted by Crippen LogP contribution is -2.42. The fraction of sp³-hybridized carbons (Fsp3) is 0.450. The quantitative estimate of drug-likeness (QED) is 0.903. The highest BCUT2D eigenvalue weighted by molar-refractivity contribution is 5.88. The predicted molar refractivity (Wildman–Crippen MR) is 97.3 cm³/mol. The lowest BCUT2D eigenvalue weighted by atomic mass is 9.72. The van der Waals surface area contributed by atoms with Gasteiger partial charge in [-0.1, -0.05) is 58.0 Å². The maximum absolute atomic E-state index is 13.0. The van der Waals surface area contributed by atoms with Gasteiger partial charge in [0.05, 0.1) is 12.0 Å². The van der Waals surface area contributed by atoms with E-state index in [0.29, 0.717) is 18.3 Å². The van der Waals surface area contributed by atoms with Crippen LogP contribution in [0.2, 0.25) is 0 Å². The number of carbonyl (C=O) groups excluding carboxylic acids is 1. The van der Waals surface area contributed by atoms with Crippen LogP contribution in [0.15, 0.2) is 42.4 Å². The van der Waals surface area contributed by atoms with Gasteiger partial charge in [-0.3, -0.25) is 4.79 Å². The first-order chi connectivity index (χ1) is 11.9. The number of ketones is 1. The first kappa shape index (κ1) is 16.1. The van der Waals surface area contributed by atoms with Crippen LogP contribution in [0.4, 0.5) is 5.95 Å². The predicted octanol–water partition coefficient (Wildman–Crippen LogP) is 3.92. The van der Waals surface area contributed by atoms with Crippen LogP contribution in [0.5, 0.6) is 0 Å². The summed E-state index contributed by atoms with van der Waals surface area (Å²) in [6, 6.07) is 8.41. The Morgan fingerprint density at radius 2 is 1.96 bits per heavy atom. The Kier molecular flexibility index (Phi) is 3.56. The molecular formula is C20H24N4O. The van der Waals surface area contributed by atoms with Crippen molar-refractivity contribution in [3.05, 3.63) is 53.5 Å². The molecule has 2 atom stereocenters. The average molecular weight is 336 g/mol. The zero-order chi connectivity index (χ0) is 17.8. The molecule has 2 heterocycles. The van der Waals surface area contributed by atoms with Crippen molar-refractivity contribution >= 4 is 11.7 Å². The summed E-state index contributed by atoms with van der Waals surface area (Å²) >= 11 is 0. The third-order valence-electron chi connectivity index (χ3n) is 5.21. The number of fused-ring (bicyclic) bond motifs is 2. The van der Waals surface area contributed by atoms with Crippen molar-refractivity contribution in [3.8, 4) is 0 Å². The molecule has 5 heteroatoms. The van der Waals surface area contributed by atoms with E-state index in [2.05, 4.69) is 73.4 Å². The first-order valence-corrected chi connectivity index (χ1v) is 8.87. The third kappa shape index (κ3) is 2.68. The Morgan fingerprint density at radius 1 is 1.24 bits per heavy atom. The van der Waals surface area contributed by atoms with Crippen LogP contribution in [0.25, 0.3) is 0 Å². The molecule has 25 heavy (non-hydrogen) atoms. The van der Waals surface area contributed by atoms with Crippen LogP contribution in [-0.2, 0) is 4.79 Å². The van der Waals surface area contributed by atoms with Crippen LogP contribution < -0.4 is 5.32 Å². The fourth-order valence-electron chi connectivity index (χ4n) is 3.98. The largest absolute Gasteiger partial charge is 0.328 e. The number of Topliss-reactive ketones (excluding diaryl/α,β-unsaturated/α-hetero) is 1. The topological polar surface area (TPSA) is 59.8 Å². The minimum Gasteiger partial charge on any atom is -0.328 e. The summed E-state index contributed by atoms with van der Waals surface area (Å²) in [6.45, 7) is 8.56. The molecule has 1 aromatic carbocycles. The van der Waals surface area contributed by atoms with Gasteiger partial charge < -0.3 is 5.32 Å². The number of anilines is 1. The minimum atomic E-state index is -0.230. The number of allylic oxidation sites excluding steroid dienone is 2. The standard InChI is InChI=1S/C20H24N4O/c1-12(2)13-5-7-14(8-6-13)18-17-15(9-20(3,4)10-16(17)25)23-19-21-11-22-24(18)19/h5-9,11-12,17-18H,10H2,1-4H3,(H,21,22,23). The van der Waals surface area contributed by atoms with Crippen molar-refractivity contribution in [2.24, 2.45) is 11.3 Å². The van der Waals surface area contributed by atoms with Gasteiger partial charge in [0.2, 0.25) is 5.95 Å². The zero-order valence-corrected chi connectivity index (χ0v) is 15.2.